The molecular weight excluding hydrogens is 362 g/mol. The minimum atomic E-state index is -2.68. The van der Waals surface area contributed by atoms with Crippen LogP contribution < -0.4 is 5.32 Å². The second-order valence-corrected chi connectivity index (χ2v) is 7.59. The number of alkyl halides is 2. The lowest BCUT2D eigenvalue weighted by Crippen LogP contribution is -2.31. The first-order valence-electron chi connectivity index (χ1n) is 9.67. The number of benzene rings is 1. The normalized spacial score (nSPS) is 19.0. The molecule has 1 saturated carbocycles. The van der Waals surface area contributed by atoms with Crippen LogP contribution in [0.2, 0.25) is 0 Å². The van der Waals surface area contributed by atoms with Gasteiger partial charge in [-0.3, -0.25) is 4.79 Å². The lowest BCUT2D eigenvalue weighted by Gasteiger charge is -2.26. The first kappa shape index (κ1) is 17.3. The molecule has 28 heavy (non-hydrogen) atoms. The van der Waals surface area contributed by atoms with Crippen molar-refractivity contribution in [3.63, 3.8) is 0 Å². The van der Waals surface area contributed by atoms with Crippen LogP contribution in [0.4, 0.5) is 8.78 Å². The Hall–Kier alpha value is -2.83. The summed E-state index contributed by atoms with van der Waals surface area (Å²) in [7, 11) is 0. The summed E-state index contributed by atoms with van der Waals surface area (Å²) in [5, 5.41) is 7.10. The summed E-state index contributed by atoms with van der Waals surface area (Å²) in [6.45, 7) is 0. The van der Waals surface area contributed by atoms with Gasteiger partial charge in [0.15, 0.2) is 5.65 Å². The second-order valence-electron chi connectivity index (χ2n) is 7.59. The Labute approximate surface area is 160 Å². The number of amides is 1. The fourth-order valence-corrected chi connectivity index (χ4v) is 4.05. The number of nitrogens with zero attached hydrogens (tertiary/aromatic N) is 3. The van der Waals surface area contributed by atoms with Crippen molar-refractivity contribution in [2.75, 3.05) is 0 Å². The molecule has 1 atom stereocenters. The van der Waals surface area contributed by atoms with Gasteiger partial charge in [-0.1, -0.05) is 24.3 Å². The predicted molar refractivity (Wildman–Crippen MR) is 99.5 cm³/mol. The third-order valence-electron chi connectivity index (χ3n) is 5.66. The minimum Gasteiger partial charge on any atom is -0.345 e. The van der Waals surface area contributed by atoms with E-state index in [0.717, 1.165) is 42.2 Å². The van der Waals surface area contributed by atoms with Crippen molar-refractivity contribution >= 4 is 11.6 Å². The number of aromatic nitrogens is 3. The van der Waals surface area contributed by atoms with Crippen LogP contribution in [-0.2, 0) is 6.42 Å². The first-order valence-corrected chi connectivity index (χ1v) is 9.67. The summed E-state index contributed by atoms with van der Waals surface area (Å²) in [6, 6.07) is 9.42. The SMILES string of the molecule is O=C(N[C@@H]1CCCc2ccccc21)c1cnn2c(C(F)F)cc(C3CC3)nc12. The maximum atomic E-state index is 13.5. The van der Waals surface area contributed by atoms with Crippen molar-refractivity contribution in [3.8, 4) is 0 Å². The van der Waals surface area contributed by atoms with Crippen LogP contribution in [0.15, 0.2) is 36.5 Å². The number of fused-ring (bicyclic) bond motifs is 2. The van der Waals surface area contributed by atoms with Crippen LogP contribution in [-0.4, -0.2) is 20.5 Å². The van der Waals surface area contributed by atoms with Crippen molar-refractivity contribution in [3.05, 3.63) is 64.6 Å². The largest absolute Gasteiger partial charge is 0.345 e. The smallest absolute Gasteiger partial charge is 0.280 e. The molecule has 0 spiro atoms. The molecule has 1 aromatic carbocycles. The highest BCUT2D eigenvalue weighted by molar-refractivity contribution is 6.00. The molecule has 144 valence electrons. The zero-order valence-corrected chi connectivity index (χ0v) is 15.2. The van der Waals surface area contributed by atoms with E-state index >= 15 is 0 Å². The van der Waals surface area contributed by atoms with E-state index in [0.29, 0.717) is 5.69 Å². The van der Waals surface area contributed by atoms with Crippen molar-refractivity contribution in [2.24, 2.45) is 0 Å². The average Bonchev–Trinajstić information content (AvgIpc) is 3.46. The molecule has 0 aliphatic heterocycles. The summed E-state index contributed by atoms with van der Waals surface area (Å²) in [6.07, 6.45) is 3.41. The number of hydrogen-bond donors (Lipinski definition) is 1. The molecule has 2 aliphatic rings. The standard InChI is InChI=1S/C21H20F2N4O/c22-19(23)18-10-17(13-8-9-13)25-20-15(11-24-27(18)20)21(28)26-16-7-3-5-12-4-1-2-6-14(12)16/h1-2,4,6,10-11,13,16,19H,3,5,7-9H2,(H,26,28)/t16-/m1/s1. The van der Waals surface area contributed by atoms with E-state index in [-0.39, 0.29) is 34.8 Å². The number of nitrogens with one attached hydrogen (secondary N) is 1. The van der Waals surface area contributed by atoms with E-state index in [1.165, 1.54) is 17.8 Å². The van der Waals surface area contributed by atoms with Crippen LogP contribution in [0.3, 0.4) is 0 Å². The summed E-state index contributed by atoms with van der Waals surface area (Å²) in [5.74, 6) is -0.115. The van der Waals surface area contributed by atoms with E-state index in [1.54, 1.807) is 0 Å². The molecule has 0 radical (unpaired) electrons. The Balaban J connectivity index is 1.50. The Morgan fingerprint density at radius 3 is 2.82 bits per heavy atom. The summed E-state index contributed by atoms with van der Waals surface area (Å²) in [4.78, 5) is 17.5. The molecule has 1 amide bonds. The number of hydrogen-bond acceptors (Lipinski definition) is 3. The molecule has 2 aliphatic carbocycles. The van der Waals surface area contributed by atoms with Gasteiger partial charge in [0.2, 0.25) is 0 Å². The highest BCUT2D eigenvalue weighted by atomic mass is 19.3. The summed E-state index contributed by atoms with van der Waals surface area (Å²) in [5.41, 5.74) is 3.23. The molecular formula is C21H20F2N4O. The van der Waals surface area contributed by atoms with Gasteiger partial charge in [-0.05, 0) is 49.3 Å². The third kappa shape index (κ3) is 2.95. The molecule has 5 rings (SSSR count). The predicted octanol–water partition coefficient (Wildman–Crippen LogP) is 4.35. The lowest BCUT2D eigenvalue weighted by atomic mass is 9.87. The topological polar surface area (TPSA) is 59.3 Å². The van der Waals surface area contributed by atoms with E-state index in [2.05, 4.69) is 21.5 Å². The zero-order valence-electron chi connectivity index (χ0n) is 15.2. The first-order chi connectivity index (χ1) is 13.6. The molecule has 5 nitrogen and oxygen atoms in total. The van der Waals surface area contributed by atoms with Crippen LogP contribution in [0, 0.1) is 0 Å². The van der Waals surface area contributed by atoms with Gasteiger partial charge < -0.3 is 5.32 Å². The second kappa shape index (κ2) is 6.65. The summed E-state index contributed by atoms with van der Waals surface area (Å²) >= 11 is 0. The van der Waals surface area contributed by atoms with E-state index in [9.17, 15) is 13.6 Å². The molecule has 0 saturated heterocycles. The zero-order chi connectivity index (χ0) is 19.3. The Morgan fingerprint density at radius 2 is 2.04 bits per heavy atom. The molecule has 2 aromatic heterocycles. The lowest BCUT2D eigenvalue weighted by molar-refractivity contribution is 0.0934. The molecule has 3 aromatic rings. The minimum absolute atomic E-state index is 0.0893. The number of halogens is 2. The number of carbonyl (C=O) groups excluding carboxylic acids is 1. The molecule has 1 fully saturated rings. The monoisotopic (exact) mass is 382 g/mol. The molecule has 1 N–H and O–H groups in total. The summed E-state index contributed by atoms with van der Waals surface area (Å²) < 4.78 is 28.1. The maximum absolute atomic E-state index is 13.5. The van der Waals surface area contributed by atoms with Crippen molar-refractivity contribution in [1.29, 1.82) is 0 Å². The van der Waals surface area contributed by atoms with Gasteiger partial charge in [0, 0.05) is 11.6 Å². The Kier molecular flexibility index (Phi) is 4.10. The Bertz CT molecular complexity index is 1060. The average molecular weight is 382 g/mol. The van der Waals surface area contributed by atoms with Crippen molar-refractivity contribution in [1.82, 2.24) is 19.9 Å². The van der Waals surface area contributed by atoms with Gasteiger partial charge in [0.25, 0.3) is 12.3 Å². The van der Waals surface area contributed by atoms with Crippen molar-refractivity contribution < 1.29 is 13.6 Å². The number of carbonyl (C=O) groups is 1. The van der Waals surface area contributed by atoms with Crippen molar-refractivity contribution in [2.45, 2.75) is 50.5 Å². The van der Waals surface area contributed by atoms with Gasteiger partial charge in [-0.25, -0.2) is 18.3 Å². The van der Waals surface area contributed by atoms with Crippen LogP contribution in [0.5, 0.6) is 0 Å². The van der Waals surface area contributed by atoms with Gasteiger partial charge in [0.1, 0.15) is 11.3 Å². The molecule has 0 unspecified atom stereocenters. The molecule has 2 heterocycles. The Morgan fingerprint density at radius 1 is 1.21 bits per heavy atom. The van der Waals surface area contributed by atoms with Gasteiger partial charge in [0.05, 0.1) is 12.2 Å². The van der Waals surface area contributed by atoms with Crippen LogP contribution in [0.25, 0.3) is 5.65 Å². The van der Waals surface area contributed by atoms with Gasteiger partial charge >= 0.3 is 0 Å². The quantitative estimate of drug-likeness (QED) is 0.730. The van der Waals surface area contributed by atoms with E-state index in [4.69, 9.17) is 0 Å². The molecule has 7 heteroatoms. The fraction of sp³-hybridized carbons (Fsp3) is 0.381. The molecule has 0 bridgehead atoms. The fourth-order valence-electron chi connectivity index (χ4n) is 4.05. The third-order valence-corrected chi connectivity index (χ3v) is 5.66. The number of aryl methyl sites for hydroxylation is 1. The maximum Gasteiger partial charge on any atom is 0.280 e. The van der Waals surface area contributed by atoms with E-state index in [1.807, 2.05) is 18.2 Å². The van der Waals surface area contributed by atoms with Gasteiger partial charge in [-0.2, -0.15) is 5.10 Å². The number of rotatable bonds is 4. The van der Waals surface area contributed by atoms with Gasteiger partial charge in [-0.15, -0.1) is 0 Å². The van der Waals surface area contributed by atoms with Crippen LogP contribution in [0.1, 0.15) is 76.9 Å². The highest BCUT2D eigenvalue weighted by Crippen LogP contribution is 2.40. The van der Waals surface area contributed by atoms with E-state index < -0.39 is 6.43 Å². The highest BCUT2D eigenvalue weighted by Gasteiger charge is 2.30. The van der Waals surface area contributed by atoms with Crippen LogP contribution >= 0.6 is 0 Å².